The summed E-state index contributed by atoms with van der Waals surface area (Å²) < 4.78 is 5.24. The molecule has 0 aliphatic heterocycles. The van der Waals surface area contributed by atoms with Gasteiger partial charge in [-0.2, -0.15) is 0 Å². The minimum atomic E-state index is 0.971. The maximum atomic E-state index is 5.24. The van der Waals surface area contributed by atoms with E-state index < -0.39 is 0 Å². The zero-order chi connectivity index (χ0) is 9.52. The van der Waals surface area contributed by atoms with Gasteiger partial charge in [0.1, 0.15) is 5.75 Å². The van der Waals surface area contributed by atoms with E-state index in [-0.39, 0.29) is 0 Å². The third-order valence-electron chi connectivity index (χ3n) is 2.15. The molecule has 0 amide bonds. The van der Waals surface area contributed by atoms with Gasteiger partial charge in [-0.05, 0) is 25.0 Å². The fourth-order valence-electron chi connectivity index (χ4n) is 1.39. The SMILES string of the molecule is CCCCCc1[c]cccc1OC. The first-order valence-electron chi connectivity index (χ1n) is 4.92. The average molecular weight is 177 g/mol. The predicted octanol–water partition coefficient (Wildman–Crippen LogP) is 3.23. The van der Waals surface area contributed by atoms with Gasteiger partial charge < -0.3 is 4.74 Å². The Morgan fingerprint density at radius 3 is 2.92 bits per heavy atom. The second kappa shape index (κ2) is 5.63. The van der Waals surface area contributed by atoms with Crippen LogP contribution in [-0.2, 0) is 6.42 Å². The monoisotopic (exact) mass is 177 g/mol. The Kier molecular flexibility index (Phi) is 4.37. The number of hydrogen-bond donors (Lipinski definition) is 0. The second-order valence-electron chi connectivity index (χ2n) is 3.17. The molecule has 0 fully saturated rings. The third-order valence-corrected chi connectivity index (χ3v) is 2.15. The van der Waals surface area contributed by atoms with Crippen LogP contribution >= 0.6 is 0 Å². The molecule has 0 N–H and O–H groups in total. The molecule has 1 radical (unpaired) electrons. The highest BCUT2D eigenvalue weighted by molar-refractivity contribution is 5.32. The van der Waals surface area contributed by atoms with Crippen molar-refractivity contribution in [2.24, 2.45) is 0 Å². The van der Waals surface area contributed by atoms with E-state index in [2.05, 4.69) is 13.0 Å². The molecular weight excluding hydrogens is 160 g/mol. The summed E-state index contributed by atoms with van der Waals surface area (Å²) in [6, 6.07) is 9.13. The van der Waals surface area contributed by atoms with Gasteiger partial charge in [-0.25, -0.2) is 0 Å². The minimum Gasteiger partial charge on any atom is -0.496 e. The van der Waals surface area contributed by atoms with E-state index in [1.807, 2.05) is 18.2 Å². The molecule has 0 atom stereocenters. The van der Waals surface area contributed by atoms with Crippen LogP contribution in [0.25, 0.3) is 0 Å². The highest BCUT2D eigenvalue weighted by atomic mass is 16.5. The van der Waals surface area contributed by atoms with E-state index in [0.29, 0.717) is 0 Å². The van der Waals surface area contributed by atoms with Crippen LogP contribution in [0.4, 0.5) is 0 Å². The molecule has 0 aliphatic carbocycles. The second-order valence-corrected chi connectivity index (χ2v) is 3.17. The molecule has 1 rings (SSSR count). The highest BCUT2D eigenvalue weighted by Crippen LogP contribution is 2.18. The van der Waals surface area contributed by atoms with Gasteiger partial charge >= 0.3 is 0 Å². The molecule has 1 nitrogen and oxygen atoms in total. The molecule has 1 aromatic carbocycles. The Morgan fingerprint density at radius 2 is 2.23 bits per heavy atom. The first kappa shape index (κ1) is 10.1. The van der Waals surface area contributed by atoms with Gasteiger partial charge in [-0.3, -0.25) is 0 Å². The molecule has 0 aromatic heterocycles. The standard InChI is InChI=1S/C12H17O/c1-3-4-5-8-11-9-6-7-10-12(11)13-2/h6-7,10H,3-5,8H2,1-2H3. The Balaban J connectivity index is 2.54. The molecule has 0 bridgehead atoms. The highest BCUT2D eigenvalue weighted by Gasteiger charge is 2.00. The fraction of sp³-hybridized carbons (Fsp3) is 0.500. The van der Waals surface area contributed by atoms with E-state index in [0.717, 1.165) is 12.2 Å². The zero-order valence-corrected chi connectivity index (χ0v) is 8.47. The molecule has 71 valence electrons. The van der Waals surface area contributed by atoms with Gasteiger partial charge in [0.25, 0.3) is 0 Å². The van der Waals surface area contributed by atoms with Gasteiger partial charge in [0.15, 0.2) is 0 Å². The summed E-state index contributed by atoms with van der Waals surface area (Å²) in [4.78, 5) is 0. The van der Waals surface area contributed by atoms with Crippen LogP contribution < -0.4 is 4.74 Å². The molecule has 1 aromatic rings. The summed E-state index contributed by atoms with van der Waals surface area (Å²) in [5, 5.41) is 0. The lowest BCUT2D eigenvalue weighted by atomic mass is 10.1. The van der Waals surface area contributed by atoms with E-state index in [4.69, 9.17) is 4.74 Å². The van der Waals surface area contributed by atoms with E-state index >= 15 is 0 Å². The number of unbranched alkanes of at least 4 members (excludes halogenated alkanes) is 2. The van der Waals surface area contributed by atoms with Crippen LogP contribution in [0.1, 0.15) is 31.7 Å². The molecule has 13 heavy (non-hydrogen) atoms. The van der Waals surface area contributed by atoms with Crippen molar-refractivity contribution >= 4 is 0 Å². The molecule has 0 aliphatic rings. The summed E-state index contributed by atoms with van der Waals surface area (Å²) in [7, 11) is 1.71. The van der Waals surface area contributed by atoms with Gasteiger partial charge in [0.2, 0.25) is 0 Å². The van der Waals surface area contributed by atoms with E-state index in [9.17, 15) is 0 Å². The number of ether oxygens (including phenoxy) is 1. The van der Waals surface area contributed by atoms with E-state index in [1.54, 1.807) is 7.11 Å². The summed E-state index contributed by atoms with van der Waals surface area (Å²) >= 11 is 0. The third kappa shape index (κ3) is 3.10. The Hall–Kier alpha value is -0.980. The van der Waals surface area contributed by atoms with Crippen LogP contribution in [0, 0.1) is 6.07 Å². The first-order chi connectivity index (χ1) is 6.38. The van der Waals surface area contributed by atoms with Gasteiger partial charge in [-0.15, -0.1) is 0 Å². The number of aryl methyl sites for hydroxylation is 1. The number of benzene rings is 1. The maximum Gasteiger partial charge on any atom is 0.122 e. The lowest BCUT2D eigenvalue weighted by Gasteiger charge is -2.06. The van der Waals surface area contributed by atoms with Crippen molar-refractivity contribution < 1.29 is 4.74 Å². The molecule has 0 saturated heterocycles. The summed E-state index contributed by atoms with van der Waals surface area (Å²) in [5.41, 5.74) is 1.21. The van der Waals surface area contributed by atoms with Crippen molar-refractivity contribution in [2.75, 3.05) is 7.11 Å². The lowest BCUT2D eigenvalue weighted by molar-refractivity contribution is 0.408. The fourth-order valence-corrected chi connectivity index (χ4v) is 1.39. The van der Waals surface area contributed by atoms with Crippen molar-refractivity contribution in [2.45, 2.75) is 32.6 Å². The van der Waals surface area contributed by atoms with Crippen molar-refractivity contribution in [1.29, 1.82) is 0 Å². The van der Waals surface area contributed by atoms with Crippen molar-refractivity contribution in [3.63, 3.8) is 0 Å². The molecule has 0 unspecified atom stereocenters. The van der Waals surface area contributed by atoms with Gasteiger partial charge in [-0.1, -0.05) is 31.9 Å². The molecule has 0 saturated carbocycles. The lowest BCUT2D eigenvalue weighted by Crippen LogP contribution is -1.92. The van der Waals surface area contributed by atoms with Crippen LogP contribution in [0.3, 0.4) is 0 Å². The Labute approximate surface area is 80.7 Å². The molecule has 0 spiro atoms. The van der Waals surface area contributed by atoms with Crippen LogP contribution in [0.15, 0.2) is 18.2 Å². The van der Waals surface area contributed by atoms with E-state index in [1.165, 1.54) is 24.8 Å². The number of hydrogen-bond acceptors (Lipinski definition) is 1. The van der Waals surface area contributed by atoms with Crippen LogP contribution in [0.5, 0.6) is 5.75 Å². The zero-order valence-electron chi connectivity index (χ0n) is 8.47. The van der Waals surface area contributed by atoms with Crippen molar-refractivity contribution in [1.82, 2.24) is 0 Å². The Bertz CT molecular complexity index is 243. The number of methoxy groups -OCH3 is 1. The molecular formula is C12H17O. The topological polar surface area (TPSA) is 9.23 Å². The predicted molar refractivity (Wildman–Crippen MR) is 55.1 cm³/mol. The molecule has 1 heteroatoms. The average Bonchev–Trinajstić information content (AvgIpc) is 2.19. The normalized spacial score (nSPS) is 10.0. The van der Waals surface area contributed by atoms with Crippen LogP contribution in [-0.4, -0.2) is 7.11 Å². The summed E-state index contributed by atoms with van der Waals surface area (Å²) in [5.74, 6) is 0.971. The molecule has 0 heterocycles. The van der Waals surface area contributed by atoms with Gasteiger partial charge in [0, 0.05) is 5.56 Å². The van der Waals surface area contributed by atoms with Crippen molar-refractivity contribution in [3.05, 3.63) is 29.8 Å². The quantitative estimate of drug-likeness (QED) is 0.627. The first-order valence-corrected chi connectivity index (χ1v) is 4.92. The largest absolute Gasteiger partial charge is 0.496 e. The number of rotatable bonds is 5. The smallest absolute Gasteiger partial charge is 0.122 e. The summed E-state index contributed by atoms with van der Waals surface area (Å²) in [6.07, 6.45) is 4.85. The maximum absolute atomic E-state index is 5.24. The van der Waals surface area contributed by atoms with Gasteiger partial charge in [0.05, 0.1) is 7.11 Å². The Morgan fingerprint density at radius 1 is 1.38 bits per heavy atom. The minimum absolute atomic E-state index is 0.971. The van der Waals surface area contributed by atoms with Crippen molar-refractivity contribution in [3.8, 4) is 5.75 Å². The summed E-state index contributed by atoms with van der Waals surface area (Å²) in [6.45, 7) is 2.21. The van der Waals surface area contributed by atoms with Crippen LogP contribution in [0.2, 0.25) is 0 Å².